The summed E-state index contributed by atoms with van der Waals surface area (Å²) in [6, 6.07) is -1.61. The topological polar surface area (TPSA) is 38.4 Å². The first kappa shape index (κ1) is 10.2. The lowest BCUT2D eigenvalue weighted by Gasteiger charge is -2.24. The lowest BCUT2D eigenvalue weighted by atomic mass is 9.96. The van der Waals surface area contributed by atoms with Gasteiger partial charge in [-0.1, -0.05) is 13.0 Å². The first-order chi connectivity index (χ1) is 5.95. The van der Waals surface area contributed by atoms with Gasteiger partial charge in [0, 0.05) is 18.7 Å². The summed E-state index contributed by atoms with van der Waals surface area (Å²) in [5.74, 6) is -0.622. The van der Waals surface area contributed by atoms with Crippen LogP contribution in [0.15, 0.2) is 16.6 Å². The van der Waals surface area contributed by atoms with Gasteiger partial charge < -0.3 is 5.73 Å². The van der Waals surface area contributed by atoms with E-state index in [1.807, 2.05) is 0 Å². The molecule has 0 aromatic heterocycles. The first-order valence-electron chi connectivity index (χ1n) is 3.96. The van der Waals surface area contributed by atoms with Crippen molar-refractivity contribution in [1.82, 2.24) is 0 Å². The molecule has 1 aliphatic rings. The Kier molecular flexibility index (Phi) is 2.75. The average molecular weight is 192 g/mol. The second kappa shape index (κ2) is 3.49. The molecule has 5 heteroatoms. The molecule has 1 aliphatic heterocycles. The number of alkyl halides is 3. The molecule has 1 heterocycles. The maximum absolute atomic E-state index is 12.2. The predicted octanol–water partition coefficient (Wildman–Crippen LogP) is 1.52. The fourth-order valence-corrected chi connectivity index (χ4v) is 1.29. The molecule has 0 aromatic rings. The van der Waals surface area contributed by atoms with E-state index in [1.54, 1.807) is 0 Å². The number of dihydropyridines is 1. The van der Waals surface area contributed by atoms with Gasteiger partial charge in [0.25, 0.3) is 0 Å². The van der Waals surface area contributed by atoms with Crippen LogP contribution in [-0.2, 0) is 0 Å². The van der Waals surface area contributed by atoms with Crippen LogP contribution in [0.25, 0.3) is 0 Å². The third-order valence-corrected chi connectivity index (χ3v) is 1.95. The maximum Gasteiger partial charge on any atom is 0.411 e. The van der Waals surface area contributed by atoms with Gasteiger partial charge in [-0.05, 0) is 5.57 Å². The largest absolute Gasteiger partial charge is 0.411 e. The van der Waals surface area contributed by atoms with E-state index in [9.17, 15) is 13.2 Å². The molecule has 2 nitrogen and oxygen atoms in total. The van der Waals surface area contributed by atoms with Gasteiger partial charge in [0.15, 0.2) is 6.04 Å². The van der Waals surface area contributed by atoms with Crippen molar-refractivity contribution < 1.29 is 13.2 Å². The lowest BCUT2D eigenvalue weighted by molar-refractivity contribution is -0.153. The predicted molar refractivity (Wildman–Crippen MR) is 44.6 cm³/mol. The summed E-state index contributed by atoms with van der Waals surface area (Å²) in [7, 11) is 0. The molecule has 13 heavy (non-hydrogen) atoms. The smallest absolute Gasteiger partial charge is 0.326 e. The third-order valence-electron chi connectivity index (χ3n) is 1.95. The highest BCUT2D eigenvalue weighted by Gasteiger charge is 2.43. The Balaban J connectivity index is 2.78. The fraction of sp³-hybridized carbons (Fsp3) is 0.625. The SMILES string of the molecule is CC1C=C(CN)C=NC1C(F)(F)F. The molecule has 74 valence electrons. The quantitative estimate of drug-likeness (QED) is 0.672. The number of nitrogens with zero attached hydrogens (tertiary/aromatic N) is 1. The van der Waals surface area contributed by atoms with Crippen molar-refractivity contribution in [2.24, 2.45) is 16.6 Å². The van der Waals surface area contributed by atoms with Gasteiger partial charge in [-0.15, -0.1) is 0 Å². The number of hydrogen-bond donors (Lipinski definition) is 1. The Morgan fingerprint density at radius 3 is 2.54 bits per heavy atom. The van der Waals surface area contributed by atoms with E-state index in [1.165, 1.54) is 19.2 Å². The summed E-state index contributed by atoms with van der Waals surface area (Å²) in [6.07, 6.45) is -1.53. The van der Waals surface area contributed by atoms with E-state index in [-0.39, 0.29) is 6.54 Å². The summed E-state index contributed by atoms with van der Waals surface area (Å²) >= 11 is 0. The molecule has 2 unspecified atom stereocenters. The maximum atomic E-state index is 12.2. The standard InChI is InChI=1S/C8H11F3N2/c1-5-2-6(3-12)4-13-7(5)8(9,10)11/h2,4-5,7H,3,12H2,1H3. The molecule has 0 bridgehead atoms. The monoisotopic (exact) mass is 192 g/mol. The Labute approximate surface area is 74.3 Å². The molecular weight excluding hydrogens is 181 g/mol. The van der Waals surface area contributed by atoms with Crippen molar-refractivity contribution in [2.75, 3.05) is 6.54 Å². The van der Waals surface area contributed by atoms with Gasteiger partial charge in [-0.25, -0.2) is 0 Å². The zero-order valence-electron chi connectivity index (χ0n) is 7.17. The van der Waals surface area contributed by atoms with Gasteiger partial charge >= 0.3 is 6.18 Å². The molecule has 1 rings (SSSR count). The Morgan fingerprint density at radius 2 is 2.15 bits per heavy atom. The van der Waals surface area contributed by atoms with Crippen molar-refractivity contribution >= 4 is 6.21 Å². The van der Waals surface area contributed by atoms with Crippen molar-refractivity contribution in [1.29, 1.82) is 0 Å². The van der Waals surface area contributed by atoms with Gasteiger partial charge in [0.05, 0.1) is 0 Å². The highest BCUT2D eigenvalue weighted by molar-refractivity contribution is 5.80. The van der Waals surface area contributed by atoms with Crippen LogP contribution in [0.4, 0.5) is 13.2 Å². The van der Waals surface area contributed by atoms with Crippen LogP contribution in [0.3, 0.4) is 0 Å². The number of halogens is 3. The van der Waals surface area contributed by atoms with Crippen molar-refractivity contribution in [3.05, 3.63) is 11.6 Å². The summed E-state index contributed by atoms with van der Waals surface area (Å²) in [6.45, 7) is 1.72. The normalized spacial score (nSPS) is 28.8. The summed E-state index contributed by atoms with van der Waals surface area (Å²) in [4.78, 5) is 3.44. The minimum atomic E-state index is -4.26. The molecular formula is C8H11F3N2. The van der Waals surface area contributed by atoms with E-state index < -0.39 is 18.1 Å². The lowest BCUT2D eigenvalue weighted by Crippen LogP contribution is -2.34. The zero-order chi connectivity index (χ0) is 10.1. The highest BCUT2D eigenvalue weighted by atomic mass is 19.4. The Morgan fingerprint density at radius 1 is 1.54 bits per heavy atom. The van der Waals surface area contributed by atoms with Gasteiger partial charge in [0.2, 0.25) is 0 Å². The minimum absolute atomic E-state index is 0.235. The summed E-state index contributed by atoms with van der Waals surface area (Å²) < 4.78 is 36.7. The Hall–Kier alpha value is -0.840. The fourth-order valence-electron chi connectivity index (χ4n) is 1.29. The van der Waals surface area contributed by atoms with E-state index in [4.69, 9.17) is 5.73 Å². The van der Waals surface area contributed by atoms with Crippen molar-refractivity contribution in [3.8, 4) is 0 Å². The number of hydrogen-bond acceptors (Lipinski definition) is 2. The van der Waals surface area contributed by atoms with Gasteiger partial charge in [-0.2, -0.15) is 13.2 Å². The average Bonchev–Trinajstić information content (AvgIpc) is 2.01. The van der Waals surface area contributed by atoms with Crippen LogP contribution in [0.2, 0.25) is 0 Å². The number of nitrogens with two attached hydrogens (primary N) is 1. The van der Waals surface area contributed by atoms with Gasteiger partial charge in [0.1, 0.15) is 0 Å². The molecule has 2 N–H and O–H groups in total. The number of aliphatic imine (C=N–C) groups is 1. The molecule has 0 spiro atoms. The number of rotatable bonds is 1. The van der Waals surface area contributed by atoms with Crippen LogP contribution in [-0.4, -0.2) is 25.0 Å². The Bertz CT molecular complexity index is 242. The highest BCUT2D eigenvalue weighted by Crippen LogP contribution is 2.31. The molecule has 2 atom stereocenters. The van der Waals surface area contributed by atoms with Crippen LogP contribution >= 0.6 is 0 Å². The van der Waals surface area contributed by atoms with Crippen LogP contribution in [0.5, 0.6) is 0 Å². The van der Waals surface area contributed by atoms with E-state index >= 15 is 0 Å². The third kappa shape index (κ3) is 2.30. The molecule has 0 aliphatic carbocycles. The van der Waals surface area contributed by atoms with E-state index in [2.05, 4.69) is 4.99 Å². The van der Waals surface area contributed by atoms with E-state index in [0.717, 1.165) is 0 Å². The molecule has 0 radical (unpaired) electrons. The van der Waals surface area contributed by atoms with Gasteiger partial charge in [-0.3, -0.25) is 4.99 Å². The zero-order valence-corrected chi connectivity index (χ0v) is 7.17. The summed E-state index contributed by atoms with van der Waals surface area (Å²) in [5.41, 5.74) is 5.94. The van der Waals surface area contributed by atoms with E-state index in [0.29, 0.717) is 5.57 Å². The molecule has 0 aromatic carbocycles. The first-order valence-corrected chi connectivity index (χ1v) is 3.96. The molecule has 0 saturated carbocycles. The van der Waals surface area contributed by atoms with Crippen LogP contribution < -0.4 is 5.73 Å². The minimum Gasteiger partial charge on any atom is -0.326 e. The van der Waals surface area contributed by atoms with Crippen molar-refractivity contribution in [2.45, 2.75) is 19.1 Å². The second-order valence-electron chi connectivity index (χ2n) is 3.07. The van der Waals surface area contributed by atoms with Crippen LogP contribution in [0.1, 0.15) is 6.92 Å². The molecule has 0 amide bonds. The molecule has 0 saturated heterocycles. The second-order valence-corrected chi connectivity index (χ2v) is 3.07. The summed E-state index contributed by atoms with van der Waals surface area (Å²) in [5, 5.41) is 0. The molecule has 0 fully saturated rings. The van der Waals surface area contributed by atoms with Crippen molar-refractivity contribution in [3.63, 3.8) is 0 Å². The van der Waals surface area contributed by atoms with Crippen LogP contribution in [0, 0.1) is 5.92 Å².